The van der Waals surface area contributed by atoms with Gasteiger partial charge in [0.1, 0.15) is 6.04 Å². The van der Waals surface area contributed by atoms with Gasteiger partial charge in [0.15, 0.2) is 0 Å². The lowest BCUT2D eigenvalue weighted by Crippen LogP contribution is -2.35. The van der Waals surface area contributed by atoms with Gasteiger partial charge in [-0.05, 0) is 17.5 Å². The number of aryl methyl sites for hydroxylation is 1. The first-order chi connectivity index (χ1) is 7.06. The van der Waals surface area contributed by atoms with Gasteiger partial charge in [0.2, 0.25) is 0 Å². The van der Waals surface area contributed by atoms with E-state index >= 15 is 0 Å². The van der Waals surface area contributed by atoms with Crippen molar-refractivity contribution >= 4 is 5.97 Å². The van der Waals surface area contributed by atoms with Gasteiger partial charge in [0.05, 0.1) is 0 Å². The molecule has 82 valence electrons. The molecule has 0 fully saturated rings. The molecule has 0 spiro atoms. The molecule has 1 rings (SSSR count). The molecule has 0 amide bonds. The highest BCUT2D eigenvalue weighted by Crippen LogP contribution is 2.18. The second-order valence-corrected chi connectivity index (χ2v) is 3.75. The van der Waals surface area contributed by atoms with Crippen molar-refractivity contribution in [2.75, 3.05) is 0 Å². The van der Waals surface area contributed by atoms with Gasteiger partial charge in [-0.2, -0.15) is 0 Å². The van der Waals surface area contributed by atoms with Gasteiger partial charge in [-0.1, -0.05) is 38.1 Å². The number of aliphatic carboxylic acids is 1. The largest absolute Gasteiger partial charge is 0.480 e. The number of nitrogens with two attached hydrogens (primary N) is 1. The van der Waals surface area contributed by atoms with Crippen molar-refractivity contribution in [3.8, 4) is 0 Å². The number of rotatable bonds is 4. The molecule has 0 aliphatic rings. The summed E-state index contributed by atoms with van der Waals surface area (Å²) in [5.74, 6) is -1.12. The summed E-state index contributed by atoms with van der Waals surface area (Å²) < 4.78 is 0. The molecule has 3 heteroatoms. The van der Waals surface area contributed by atoms with Crippen molar-refractivity contribution in [3.63, 3.8) is 0 Å². The summed E-state index contributed by atoms with van der Waals surface area (Å²) in [4.78, 5) is 10.7. The van der Waals surface area contributed by atoms with E-state index in [-0.39, 0.29) is 5.92 Å². The Morgan fingerprint density at radius 2 is 1.93 bits per heavy atom. The van der Waals surface area contributed by atoms with Crippen LogP contribution in [-0.2, 0) is 11.2 Å². The van der Waals surface area contributed by atoms with Crippen molar-refractivity contribution in [1.29, 1.82) is 0 Å². The van der Waals surface area contributed by atoms with Crippen LogP contribution < -0.4 is 5.73 Å². The van der Waals surface area contributed by atoms with Gasteiger partial charge < -0.3 is 10.8 Å². The third-order valence-corrected chi connectivity index (χ3v) is 2.74. The number of hydrogen-bond donors (Lipinski definition) is 2. The number of hydrogen-bond acceptors (Lipinski definition) is 2. The SMILES string of the molecule is CCc1ccc(C(C)C(N)C(=O)O)cc1. The molecule has 0 saturated carbocycles. The highest BCUT2D eigenvalue weighted by atomic mass is 16.4. The summed E-state index contributed by atoms with van der Waals surface area (Å²) in [6.45, 7) is 3.92. The maximum absolute atomic E-state index is 10.7. The van der Waals surface area contributed by atoms with Gasteiger partial charge in [-0.15, -0.1) is 0 Å². The van der Waals surface area contributed by atoms with Crippen LogP contribution in [0, 0.1) is 0 Å². The maximum atomic E-state index is 10.7. The summed E-state index contributed by atoms with van der Waals surface area (Å²) >= 11 is 0. The van der Waals surface area contributed by atoms with Gasteiger partial charge in [-0.3, -0.25) is 4.79 Å². The van der Waals surface area contributed by atoms with Crippen LogP contribution in [0.3, 0.4) is 0 Å². The van der Waals surface area contributed by atoms with Crippen molar-refractivity contribution in [1.82, 2.24) is 0 Å². The van der Waals surface area contributed by atoms with E-state index < -0.39 is 12.0 Å². The average Bonchev–Trinajstić information content (AvgIpc) is 2.27. The van der Waals surface area contributed by atoms with Crippen molar-refractivity contribution in [2.45, 2.75) is 32.2 Å². The van der Waals surface area contributed by atoms with Gasteiger partial charge in [-0.25, -0.2) is 0 Å². The lowest BCUT2D eigenvalue weighted by atomic mass is 9.93. The Bertz CT molecular complexity index is 332. The van der Waals surface area contributed by atoms with Crippen LogP contribution in [0.2, 0.25) is 0 Å². The molecule has 0 heterocycles. The molecule has 0 saturated heterocycles. The fourth-order valence-electron chi connectivity index (χ4n) is 1.48. The second kappa shape index (κ2) is 4.94. The topological polar surface area (TPSA) is 63.3 Å². The summed E-state index contributed by atoms with van der Waals surface area (Å²) in [5.41, 5.74) is 7.78. The molecule has 0 aliphatic heterocycles. The second-order valence-electron chi connectivity index (χ2n) is 3.75. The smallest absolute Gasteiger partial charge is 0.321 e. The predicted octanol–water partition coefficient (Wildman–Crippen LogP) is 1.76. The number of carbonyl (C=O) groups is 1. The molecule has 1 aromatic rings. The van der Waals surface area contributed by atoms with Gasteiger partial charge >= 0.3 is 5.97 Å². The molecule has 2 atom stereocenters. The Hall–Kier alpha value is -1.35. The molecule has 15 heavy (non-hydrogen) atoms. The summed E-state index contributed by atoms with van der Waals surface area (Å²) in [6.07, 6.45) is 0.986. The van der Waals surface area contributed by atoms with Crippen LogP contribution in [0.15, 0.2) is 24.3 Å². The Kier molecular flexibility index (Phi) is 3.86. The van der Waals surface area contributed by atoms with Crippen LogP contribution in [0.4, 0.5) is 0 Å². The number of carboxylic acid groups (broad SMARTS) is 1. The fourth-order valence-corrected chi connectivity index (χ4v) is 1.48. The van der Waals surface area contributed by atoms with Crippen LogP contribution in [0.1, 0.15) is 30.9 Å². The molecular formula is C12H17NO2. The zero-order chi connectivity index (χ0) is 11.4. The average molecular weight is 207 g/mol. The zero-order valence-electron chi connectivity index (χ0n) is 9.10. The highest BCUT2D eigenvalue weighted by molar-refractivity contribution is 5.74. The quantitative estimate of drug-likeness (QED) is 0.790. The third kappa shape index (κ3) is 2.80. The number of carboxylic acids is 1. The van der Waals surface area contributed by atoms with Crippen molar-refractivity contribution < 1.29 is 9.90 Å². The van der Waals surface area contributed by atoms with Gasteiger partial charge in [0, 0.05) is 5.92 Å². The van der Waals surface area contributed by atoms with E-state index in [2.05, 4.69) is 6.92 Å². The first-order valence-electron chi connectivity index (χ1n) is 5.13. The van der Waals surface area contributed by atoms with E-state index in [4.69, 9.17) is 10.8 Å². The molecule has 2 unspecified atom stereocenters. The Morgan fingerprint density at radius 3 is 2.33 bits per heavy atom. The highest BCUT2D eigenvalue weighted by Gasteiger charge is 2.21. The monoisotopic (exact) mass is 207 g/mol. The van der Waals surface area contributed by atoms with Crippen molar-refractivity contribution in [2.24, 2.45) is 5.73 Å². The van der Waals surface area contributed by atoms with E-state index in [0.717, 1.165) is 12.0 Å². The normalized spacial score (nSPS) is 14.6. The van der Waals surface area contributed by atoms with E-state index in [1.165, 1.54) is 5.56 Å². The van der Waals surface area contributed by atoms with Crippen LogP contribution in [0.5, 0.6) is 0 Å². The summed E-state index contributed by atoms with van der Waals surface area (Å²) in [5, 5.41) is 8.79. The Labute approximate surface area is 89.9 Å². The van der Waals surface area contributed by atoms with Gasteiger partial charge in [0.25, 0.3) is 0 Å². The molecule has 0 radical (unpaired) electrons. The Morgan fingerprint density at radius 1 is 1.40 bits per heavy atom. The van der Waals surface area contributed by atoms with E-state index in [0.29, 0.717) is 0 Å². The zero-order valence-corrected chi connectivity index (χ0v) is 9.10. The molecular weight excluding hydrogens is 190 g/mol. The standard InChI is InChI=1S/C12H17NO2/c1-3-9-4-6-10(7-5-9)8(2)11(13)12(14)15/h4-8,11H,3,13H2,1-2H3,(H,14,15). The molecule has 0 aromatic heterocycles. The van der Waals surface area contributed by atoms with Crippen LogP contribution >= 0.6 is 0 Å². The third-order valence-electron chi connectivity index (χ3n) is 2.74. The fraction of sp³-hybridized carbons (Fsp3) is 0.417. The van der Waals surface area contributed by atoms with E-state index in [1.54, 1.807) is 0 Å². The number of benzene rings is 1. The molecule has 0 bridgehead atoms. The van der Waals surface area contributed by atoms with Crippen molar-refractivity contribution in [3.05, 3.63) is 35.4 Å². The minimum Gasteiger partial charge on any atom is -0.480 e. The van der Waals surface area contributed by atoms with Crippen LogP contribution in [0.25, 0.3) is 0 Å². The van der Waals surface area contributed by atoms with Crippen LogP contribution in [-0.4, -0.2) is 17.1 Å². The predicted molar refractivity (Wildman–Crippen MR) is 59.8 cm³/mol. The summed E-state index contributed by atoms with van der Waals surface area (Å²) in [7, 11) is 0. The summed E-state index contributed by atoms with van der Waals surface area (Å²) in [6, 6.07) is 7.09. The first kappa shape index (κ1) is 11.7. The molecule has 1 aromatic carbocycles. The molecule has 3 N–H and O–H groups in total. The lowest BCUT2D eigenvalue weighted by molar-refractivity contribution is -0.139. The lowest BCUT2D eigenvalue weighted by Gasteiger charge is -2.16. The maximum Gasteiger partial charge on any atom is 0.321 e. The molecule has 3 nitrogen and oxygen atoms in total. The van der Waals surface area contributed by atoms with E-state index in [9.17, 15) is 4.79 Å². The first-order valence-corrected chi connectivity index (χ1v) is 5.13. The minimum atomic E-state index is -0.956. The Balaban J connectivity index is 2.82. The molecule has 0 aliphatic carbocycles. The minimum absolute atomic E-state index is 0.159. The van der Waals surface area contributed by atoms with E-state index in [1.807, 2.05) is 31.2 Å².